The van der Waals surface area contributed by atoms with Gasteiger partial charge in [0.15, 0.2) is 0 Å². The molecule has 3 aromatic carbocycles. The van der Waals surface area contributed by atoms with Crippen molar-refractivity contribution in [2.45, 2.75) is 18.4 Å². The molecule has 0 saturated heterocycles. The second-order valence-electron chi connectivity index (χ2n) is 6.03. The van der Waals surface area contributed by atoms with E-state index in [1.54, 1.807) is 12.1 Å². The molecule has 3 heteroatoms. The summed E-state index contributed by atoms with van der Waals surface area (Å²) in [5.74, 6) is 1.62. The van der Waals surface area contributed by atoms with Crippen molar-refractivity contribution in [1.82, 2.24) is 0 Å². The molecule has 0 fully saturated rings. The molecule has 0 heterocycles. The first-order valence-electron chi connectivity index (χ1n) is 8.01. The number of ether oxygens (including phenoxy) is 1. The van der Waals surface area contributed by atoms with Crippen LogP contribution in [-0.4, -0.2) is 5.11 Å². The molecule has 120 valence electrons. The van der Waals surface area contributed by atoms with Crippen LogP contribution in [0, 0.1) is 0 Å². The van der Waals surface area contributed by atoms with E-state index in [0.717, 1.165) is 11.1 Å². The summed E-state index contributed by atoms with van der Waals surface area (Å²) >= 11 is 5.92. The van der Waals surface area contributed by atoms with Crippen molar-refractivity contribution < 1.29 is 9.84 Å². The molecule has 0 saturated carbocycles. The number of hydrogen-bond acceptors (Lipinski definition) is 2. The standard InChI is InChI=1S/C21H17ClO2/c22-15-9-11-16(12-10-15)24-20-8-4-7-17-18(13-19(23)21(17)20)14-5-2-1-3-6-14/h1-12,18-19,23H,13H2. The summed E-state index contributed by atoms with van der Waals surface area (Å²) in [4.78, 5) is 0. The van der Waals surface area contributed by atoms with Crippen LogP contribution in [-0.2, 0) is 0 Å². The Hall–Kier alpha value is -2.29. The molecule has 4 rings (SSSR count). The molecule has 0 aromatic heterocycles. The number of benzene rings is 3. The average molecular weight is 337 g/mol. The Balaban J connectivity index is 1.72. The van der Waals surface area contributed by atoms with Gasteiger partial charge in [0.1, 0.15) is 11.5 Å². The van der Waals surface area contributed by atoms with Crippen molar-refractivity contribution in [3.8, 4) is 11.5 Å². The van der Waals surface area contributed by atoms with Gasteiger partial charge in [0.2, 0.25) is 0 Å². The molecule has 1 N–H and O–H groups in total. The van der Waals surface area contributed by atoms with Gasteiger partial charge in [-0.25, -0.2) is 0 Å². The molecule has 2 atom stereocenters. The maximum absolute atomic E-state index is 10.6. The third-order valence-electron chi connectivity index (χ3n) is 4.51. The molecule has 2 unspecified atom stereocenters. The van der Waals surface area contributed by atoms with E-state index in [-0.39, 0.29) is 5.92 Å². The molecule has 0 aliphatic heterocycles. The first-order chi connectivity index (χ1) is 11.7. The smallest absolute Gasteiger partial charge is 0.133 e. The fourth-order valence-corrected chi connectivity index (χ4v) is 3.54. The lowest BCUT2D eigenvalue weighted by atomic mass is 9.93. The molecule has 24 heavy (non-hydrogen) atoms. The lowest BCUT2D eigenvalue weighted by Crippen LogP contribution is -1.96. The van der Waals surface area contributed by atoms with Gasteiger partial charge in [-0.3, -0.25) is 0 Å². The summed E-state index contributed by atoms with van der Waals surface area (Å²) in [6.07, 6.45) is 0.161. The third-order valence-corrected chi connectivity index (χ3v) is 4.76. The molecule has 3 aromatic rings. The highest BCUT2D eigenvalue weighted by atomic mass is 35.5. The first kappa shape index (κ1) is 15.3. The molecular weight excluding hydrogens is 320 g/mol. The van der Waals surface area contributed by atoms with Crippen LogP contribution in [0.15, 0.2) is 72.8 Å². The molecule has 0 bridgehead atoms. The summed E-state index contributed by atoms with van der Waals surface area (Å²) in [5, 5.41) is 11.3. The minimum absolute atomic E-state index is 0.199. The summed E-state index contributed by atoms with van der Waals surface area (Å²) < 4.78 is 6.01. The zero-order valence-electron chi connectivity index (χ0n) is 13.0. The van der Waals surface area contributed by atoms with Crippen molar-refractivity contribution in [3.63, 3.8) is 0 Å². The van der Waals surface area contributed by atoms with Crippen LogP contribution < -0.4 is 4.74 Å². The molecule has 1 aliphatic rings. The lowest BCUT2D eigenvalue weighted by Gasteiger charge is -2.14. The molecular formula is C21H17ClO2. The predicted molar refractivity (Wildman–Crippen MR) is 95.8 cm³/mol. The van der Waals surface area contributed by atoms with E-state index in [0.29, 0.717) is 22.9 Å². The Bertz CT molecular complexity index is 843. The van der Waals surface area contributed by atoms with Crippen LogP contribution in [0.1, 0.15) is 35.1 Å². The van der Waals surface area contributed by atoms with Crippen molar-refractivity contribution >= 4 is 11.6 Å². The number of halogens is 1. The molecule has 1 aliphatic carbocycles. The van der Waals surface area contributed by atoms with Crippen molar-refractivity contribution in [1.29, 1.82) is 0 Å². The summed E-state index contributed by atoms with van der Waals surface area (Å²) in [6, 6.07) is 23.5. The fraction of sp³-hybridized carbons (Fsp3) is 0.143. The van der Waals surface area contributed by atoms with E-state index in [1.165, 1.54) is 5.56 Å². The Morgan fingerprint density at radius 3 is 2.38 bits per heavy atom. The van der Waals surface area contributed by atoms with Crippen molar-refractivity contribution in [2.75, 3.05) is 0 Å². The normalized spacial score (nSPS) is 19.1. The van der Waals surface area contributed by atoms with Crippen LogP contribution >= 0.6 is 11.6 Å². The number of fused-ring (bicyclic) bond motifs is 1. The van der Waals surface area contributed by atoms with Gasteiger partial charge in [0.25, 0.3) is 0 Å². The SMILES string of the molecule is OC1CC(c2ccccc2)c2cccc(Oc3ccc(Cl)cc3)c21. The predicted octanol–water partition coefficient (Wildman–Crippen LogP) is 5.70. The van der Waals surface area contributed by atoms with Gasteiger partial charge in [-0.2, -0.15) is 0 Å². The van der Waals surface area contributed by atoms with Crippen LogP contribution in [0.25, 0.3) is 0 Å². The molecule has 0 amide bonds. The van der Waals surface area contributed by atoms with Crippen LogP contribution in [0.4, 0.5) is 0 Å². The monoisotopic (exact) mass is 336 g/mol. The Morgan fingerprint density at radius 1 is 0.875 bits per heavy atom. The van der Waals surface area contributed by atoms with Gasteiger partial charge in [0.05, 0.1) is 6.10 Å². The molecule has 0 spiro atoms. The van der Waals surface area contributed by atoms with Crippen molar-refractivity contribution in [2.24, 2.45) is 0 Å². The highest BCUT2D eigenvalue weighted by molar-refractivity contribution is 6.30. The van der Waals surface area contributed by atoms with Crippen LogP contribution in [0.3, 0.4) is 0 Å². The number of hydrogen-bond donors (Lipinski definition) is 1. The second-order valence-corrected chi connectivity index (χ2v) is 6.47. The summed E-state index contributed by atoms with van der Waals surface area (Å²) in [7, 11) is 0. The van der Waals surface area contributed by atoms with Gasteiger partial charge in [-0.05, 0) is 47.9 Å². The fourth-order valence-electron chi connectivity index (χ4n) is 3.41. The number of rotatable bonds is 3. The van der Waals surface area contributed by atoms with Crippen molar-refractivity contribution in [3.05, 3.63) is 94.5 Å². The second kappa shape index (κ2) is 6.31. The summed E-state index contributed by atoms with van der Waals surface area (Å²) in [6.45, 7) is 0. The molecule has 0 radical (unpaired) electrons. The highest BCUT2D eigenvalue weighted by Crippen LogP contribution is 2.48. The lowest BCUT2D eigenvalue weighted by molar-refractivity contribution is 0.173. The van der Waals surface area contributed by atoms with Gasteiger partial charge in [-0.15, -0.1) is 0 Å². The Kier molecular flexibility index (Phi) is 4.01. The average Bonchev–Trinajstić information content (AvgIpc) is 2.96. The number of aliphatic hydroxyl groups is 1. The maximum Gasteiger partial charge on any atom is 0.133 e. The van der Waals surface area contributed by atoms with E-state index in [4.69, 9.17) is 16.3 Å². The first-order valence-corrected chi connectivity index (χ1v) is 8.39. The maximum atomic E-state index is 10.6. The third kappa shape index (κ3) is 2.79. The minimum Gasteiger partial charge on any atom is -0.457 e. The topological polar surface area (TPSA) is 29.5 Å². The zero-order valence-corrected chi connectivity index (χ0v) is 13.8. The summed E-state index contributed by atoms with van der Waals surface area (Å²) in [5.41, 5.74) is 3.25. The number of aliphatic hydroxyl groups excluding tert-OH is 1. The minimum atomic E-state index is -0.520. The van der Waals surface area contributed by atoms with Gasteiger partial charge in [0, 0.05) is 16.5 Å². The van der Waals surface area contributed by atoms with E-state index < -0.39 is 6.10 Å². The zero-order chi connectivity index (χ0) is 16.5. The molecule has 2 nitrogen and oxygen atoms in total. The van der Waals surface area contributed by atoms with E-state index in [1.807, 2.05) is 42.5 Å². The van der Waals surface area contributed by atoms with Crippen LogP contribution in [0.2, 0.25) is 5.02 Å². The Morgan fingerprint density at radius 2 is 1.62 bits per heavy atom. The van der Waals surface area contributed by atoms with Gasteiger partial charge in [-0.1, -0.05) is 54.1 Å². The highest BCUT2D eigenvalue weighted by Gasteiger charge is 2.33. The van der Waals surface area contributed by atoms with Gasteiger partial charge < -0.3 is 9.84 Å². The van der Waals surface area contributed by atoms with E-state index >= 15 is 0 Å². The quantitative estimate of drug-likeness (QED) is 0.664. The van der Waals surface area contributed by atoms with Gasteiger partial charge >= 0.3 is 0 Å². The van der Waals surface area contributed by atoms with E-state index in [9.17, 15) is 5.11 Å². The van der Waals surface area contributed by atoms with E-state index in [2.05, 4.69) is 18.2 Å². The Labute approximate surface area is 146 Å². The van der Waals surface area contributed by atoms with Crippen LogP contribution in [0.5, 0.6) is 11.5 Å². The largest absolute Gasteiger partial charge is 0.457 e.